The van der Waals surface area contributed by atoms with Crippen LogP contribution in [0.5, 0.6) is 0 Å². The summed E-state index contributed by atoms with van der Waals surface area (Å²) < 4.78 is 74.1. The lowest BCUT2D eigenvalue weighted by Gasteiger charge is -2.33. The van der Waals surface area contributed by atoms with Crippen molar-refractivity contribution in [2.75, 3.05) is 25.1 Å². The van der Waals surface area contributed by atoms with E-state index in [-0.39, 0.29) is 31.2 Å². The SMILES string of the molecule is CC(NC(=O)CC(=O)Nc1ccc(C(=N)N)cc1)c1ccc(S(=O)(=O)N2CCOC[C@@H]2C)c(C(F)(F)F)c1. The normalized spacial score (nSPS) is 17.4. The highest BCUT2D eigenvalue weighted by atomic mass is 32.2. The van der Waals surface area contributed by atoms with Crippen LogP contribution in [0.2, 0.25) is 0 Å². The molecule has 2 aromatic rings. The van der Waals surface area contributed by atoms with E-state index in [0.717, 1.165) is 10.4 Å². The minimum Gasteiger partial charge on any atom is -0.384 e. The number of sulfonamides is 1. The molecule has 0 aliphatic carbocycles. The number of nitrogens with two attached hydrogens (primary N) is 1. The third-order valence-electron chi connectivity index (χ3n) is 5.88. The Morgan fingerprint density at radius 3 is 2.42 bits per heavy atom. The molecule has 2 amide bonds. The summed E-state index contributed by atoms with van der Waals surface area (Å²) >= 11 is 0. The van der Waals surface area contributed by atoms with Crippen LogP contribution < -0.4 is 16.4 Å². The molecule has 206 valence electrons. The molecule has 0 aromatic heterocycles. The topological polar surface area (TPSA) is 155 Å². The van der Waals surface area contributed by atoms with Crippen LogP contribution in [0.15, 0.2) is 47.4 Å². The van der Waals surface area contributed by atoms with Gasteiger partial charge in [0.05, 0.1) is 29.7 Å². The predicted octanol–water partition coefficient (Wildman–Crippen LogP) is 2.60. The number of nitrogens with zero attached hydrogens (tertiary/aromatic N) is 1. The van der Waals surface area contributed by atoms with E-state index in [9.17, 15) is 31.2 Å². The zero-order valence-corrected chi connectivity index (χ0v) is 21.4. The number of carbonyl (C=O) groups is 2. The van der Waals surface area contributed by atoms with E-state index in [1.807, 2.05) is 0 Å². The van der Waals surface area contributed by atoms with E-state index in [1.54, 1.807) is 6.92 Å². The largest absolute Gasteiger partial charge is 0.417 e. The van der Waals surface area contributed by atoms with E-state index >= 15 is 0 Å². The molecule has 0 bridgehead atoms. The van der Waals surface area contributed by atoms with Crippen LogP contribution in [0, 0.1) is 5.41 Å². The number of halogens is 3. The molecule has 1 heterocycles. The molecule has 2 atom stereocenters. The Morgan fingerprint density at radius 2 is 1.84 bits per heavy atom. The van der Waals surface area contributed by atoms with Crippen molar-refractivity contribution in [1.29, 1.82) is 5.41 Å². The van der Waals surface area contributed by atoms with Crippen LogP contribution in [-0.4, -0.2) is 56.2 Å². The van der Waals surface area contributed by atoms with Gasteiger partial charge in [0, 0.05) is 23.8 Å². The molecule has 1 aliphatic rings. The molecule has 5 N–H and O–H groups in total. The van der Waals surface area contributed by atoms with Gasteiger partial charge in [0.15, 0.2) is 0 Å². The average molecular weight is 556 g/mol. The van der Waals surface area contributed by atoms with Crippen LogP contribution in [0.25, 0.3) is 0 Å². The van der Waals surface area contributed by atoms with Crippen molar-refractivity contribution in [2.45, 2.75) is 43.4 Å². The van der Waals surface area contributed by atoms with Crippen molar-refractivity contribution in [3.05, 3.63) is 59.2 Å². The van der Waals surface area contributed by atoms with Crippen LogP contribution in [0.1, 0.15) is 43.0 Å². The highest BCUT2D eigenvalue weighted by molar-refractivity contribution is 7.89. The molecule has 0 saturated carbocycles. The number of nitrogen functional groups attached to an aromatic ring is 1. The van der Waals surface area contributed by atoms with Gasteiger partial charge in [-0.2, -0.15) is 17.5 Å². The number of amides is 2. The first-order valence-electron chi connectivity index (χ1n) is 11.5. The summed E-state index contributed by atoms with van der Waals surface area (Å²) in [5.41, 5.74) is 4.85. The highest BCUT2D eigenvalue weighted by Crippen LogP contribution is 2.37. The third kappa shape index (κ3) is 6.88. The van der Waals surface area contributed by atoms with Gasteiger partial charge in [-0.1, -0.05) is 6.07 Å². The predicted molar refractivity (Wildman–Crippen MR) is 133 cm³/mol. The molecule has 38 heavy (non-hydrogen) atoms. The van der Waals surface area contributed by atoms with E-state index in [1.165, 1.54) is 37.3 Å². The Labute approximate surface area is 217 Å². The fourth-order valence-corrected chi connectivity index (χ4v) is 5.71. The van der Waals surface area contributed by atoms with Crippen molar-refractivity contribution in [1.82, 2.24) is 9.62 Å². The van der Waals surface area contributed by atoms with Crippen molar-refractivity contribution in [2.24, 2.45) is 5.73 Å². The van der Waals surface area contributed by atoms with Gasteiger partial charge in [0.25, 0.3) is 0 Å². The molecular formula is C24H28F3N5O5S. The first-order chi connectivity index (χ1) is 17.7. The lowest BCUT2D eigenvalue weighted by molar-refractivity contribution is -0.140. The summed E-state index contributed by atoms with van der Waals surface area (Å²) in [5, 5.41) is 12.3. The van der Waals surface area contributed by atoms with E-state index in [2.05, 4.69) is 10.6 Å². The van der Waals surface area contributed by atoms with E-state index < -0.39 is 57.0 Å². The first kappa shape index (κ1) is 29.1. The van der Waals surface area contributed by atoms with Gasteiger partial charge in [0.1, 0.15) is 12.3 Å². The minimum atomic E-state index is -4.98. The highest BCUT2D eigenvalue weighted by Gasteiger charge is 2.41. The molecule has 10 nitrogen and oxygen atoms in total. The number of carbonyl (C=O) groups excluding carboxylic acids is 2. The summed E-state index contributed by atoms with van der Waals surface area (Å²) in [5.74, 6) is -1.56. The van der Waals surface area contributed by atoms with Crippen molar-refractivity contribution < 1.29 is 35.9 Å². The van der Waals surface area contributed by atoms with Gasteiger partial charge in [-0.15, -0.1) is 0 Å². The number of benzene rings is 2. The van der Waals surface area contributed by atoms with Crippen LogP contribution in [-0.2, 0) is 30.5 Å². The van der Waals surface area contributed by atoms with Crippen LogP contribution >= 0.6 is 0 Å². The Balaban J connectivity index is 1.72. The fourth-order valence-electron chi connectivity index (χ4n) is 3.92. The Morgan fingerprint density at radius 1 is 1.18 bits per heavy atom. The first-order valence-corrected chi connectivity index (χ1v) is 13.0. The number of nitrogens with one attached hydrogen (secondary N) is 3. The second kappa shape index (κ2) is 11.5. The zero-order chi connectivity index (χ0) is 28.3. The van der Waals surface area contributed by atoms with Crippen molar-refractivity contribution in [3.63, 3.8) is 0 Å². The number of ether oxygens (including phenoxy) is 1. The zero-order valence-electron chi connectivity index (χ0n) is 20.6. The molecule has 14 heteroatoms. The van der Waals surface area contributed by atoms with Gasteiger partial charge >= 0.3 is 6.18 Å². The summed E-state index contributed by atoms with van der Waals surface area (Å²) in [7, 11) is -4.47. The van der Waals surface area contributed by atoms with Crippen LogP contribution in [0.4, 0.5) is 18.9 Å². The lowest BCUT2D eigenvalue weighted by Crippen LogP contribution is -2.47. The summed E-state index contributed by atoms with van der Waals surface area (Å²) in [6, 6.07) is 7.23. The van der Waals surface area contributed by atoms with Gasteiger partial charge in [-0.3, -0.25) is 15.0 Å². The maximum Gasteiger partial charge on any atom is 0.417 e. The average Bonchev–Trinajstić information content (AvgIpc) is 2.83. The van der Waals surface area contributed by atoms with Crippen molar-refractivity contribution in [3.8, 4) is 0 Å². The third-order valence-corrected chi connectivity index (χ3v) is 7.95. The number of anilines is 1. The molecule has 1 saturated heterocycles. The number of hydrogen-bond acceptors (Lipinski definition) is 6. The molecular weight excluding hydrogens is 527 g/mol. The standard InChI is InChI=1S/C24H28F3N5O5S/c1-14-13-37-10-9-32(14)38(35,36)20-8-5-17(11-19(20)24(25,26)27)15(2)30-21(33)12-22(34)31-18-6-3-16(4-7-18)23(28)29/h3-8,11,14-15H,9-10,12-13H2,1-2H3,(H3,28,29)(H,30,33)(H,31,34)/t14-,15?/m0/s1. The summed E-state index contributed by atoms with van der Waals surface area (Å²) in [6.07, 6.45) is -5.58. The number of rotatable bonds is 8. The summed E-state index contributed by atoms with van der Waals surface area (Å²) in [4.78, 5) is 23.7. The molecule has 1 aliphatic heterocycles. The monoisotopic (exact) mass is 555 g/mol. The number of alkyl halides is 3. The van der Waals surface area contributed by atoms with Gasteiger partial charge < -0.3 is 21.1 Å². The second-order valence-corrected chi connectivity index (χ2v) is 10.7. The quantitative estimate of drug-likeness (QED) is 0.223. The van der Waals surface area contributed by atoms with Crippen LogP contribution in [0.3, 0.4) is 0 Å². The smallest absolute Gasteiger partial charge is 0.384 e. The second-order valence-electron chi connectivity index (χ2n) is 8.80. The summed E-state index contributed by atoms with van der Waals surface area (Å²) in [6.45, 7) is 3.04. The number of morpholine rings is 1. The maximum absolute atomic E-state index is 13.9. The van der Waals surface area contributed by atoms with Crippen molar-refractivity contribution >= 4 is 33.4 Å². The van der Waals surface area contributed by atoms with Gasteiger partial charge in [-0.25, -0.2) is 8.42 Å². The molecule has 1 unspecified atom stereocenters. The molecule has 3 rings (SSSR count). The van der Waals surface area contributed by atoms with E-state index in [4.69, 9.17) is 15.9 Å². The number of hydrogen-bond donors (Lipinski definition) is 4. The molecule has 0 spiro atoms. The van der Waals surface area contributed by atoms with E-state index in [0.29, 0.717) is 17.3 Å². The number of amidine groups is 1. The lowest BCUT2D eigenvalue weighted by atomic mass is 10.0. The van der Waals surface area contributed by atoms with Gasteiger partial charge in [-0.05, 0) is 55.8 Å². The molecule has 0 radical (unpaired) electrons. The minimum absolute atomic E-state index is 0.0138. The maximum atomic E-state index is 13.9. The molecule has 1 fully saturated rings. The Hall–Kier alpha value is -3.49. The molecule has 2 aromatic carbocycles. The fraction of sp³-hybridized carbons (Fsp3) is 0.375. The van der Waals surface area contributed by atoms with Gasteiger partial charge in [0.2, 0.25) is 21.8 Å². The Kier molecular flexibility index (Phi) is 8.79. The Bertz CT molecular complexity index is 1320.